The van der Waals surface area contributed by atoms with Crippen molar-refractivity contribution in [2.45, 2.75) is 19.6 Å². The SMILES string of the molecule is CNc1ncc(CN2CCO[C@H](c3ccc(C)cn3)C2)cn1. The molecule has 0 bridgehead atoms. The molecule has 1 atom stereocenters. The van der Waals surface area contributed by atoms with E-state index in [0.29, 0.717) is 5.95 Å². The highest BCUT2D eigenvalue weighted by Crippen LogP contribution is 2.21. The smallest absolute Gasteiger partial charge is 0.222 e. The van der Waals surface area contributed by atoms with Crippen molar-refractivity contribution in [1.29, 1.82) is 0 Å². The second-order valence-electron chi connectivity index (χ2n) is 5.52. The van der Waals surface area contributed by atoms with E-state index < -0.39 is 0 Å². The Balaban J connectivity index is 1.63. The number of pyridine rings is 1. The van der Waals surface area contributed by atoms with Gasteiger partial charge in [-0.1, -0.05) is 6.07 Å². The quantitative estimate of drug-likeness (QED) is 0.929. The number of anilines is 1. The lowest BCUT2D eigenvalue weighted by Gasteiger charge is -2.32. The maximum Gasteiger partial charge on any atom is 0.222 e. The molecule has 1 N–H and O–H groups in total. The topological polar surface area (TPSA) is 63.2 Å². The summed E-state index contributed by atoms with van der Waals surface area (Å²) in [6.45, 7) is 5.34. The molecule has 3 heterocycles. The van der Waals surface area contributed by atoms with Crippen LogP contribution in [-0.2, 0) is 11.3 Å². The number of rotatable bonds is 4. The summed E-state index contributed by atoms with van der Waals surface area (Å²) in [5.41, 5.74) is 3.27. The van der Waals surface area contributed by atoms with Crippen LogP contribution in [0.15, 0.2) is 30.7 Å². The van der Waals surface area contributed by atoms with Crippen LogP contribution in [0.25, 0.3) is 0 Å². The number of morpholine rings is 1. The van der Waals surface area contributed by atoms with Crippen LogP contribution in [0.5, 0.6) is 0 Å². The normalized spacial score (nSPS) is 19.1. The highest BCUT2D eigenvalue weighted by atomic mass is 16.5. The predicted molar refractivity (Wildman–Crippen MR) is 84.5 cm³/mol. The van der Waals surface area contributed by atoms with Crippen molar-refractivity contribution in [3.05, 3.63) is 47.5 Å². The van der Waals surface area contributed by atoms with Gasteiger partial charge in [0.25, 0.3) is 0 Å². The molecular weight excluding hydrogens is 278 g/mol. The lowest BCUT2D eigenvalue weighted by molar-refractivity contribution is -0.0350. The summed E-state index contributed by atoms with van der Waals surface area (Å²) in [4.78, 5) is 15.4. The highest BCUT2D eigenvalue weighted by Gasteiger charge is 2.23. The third kappa shape index (κ3) is 3.58. The van der Waals surface area contributed by atoms with E-state index in [9.17, 15) is 0 Å². The van der Waals surface area contributed by atoms with E-state index >= 15 is 0 Å². The molecule has 3 rings (SSSR count). The molecule has 6 heteroatoms. The summed E-state index contributed by atoms with van der Waals surface area (Å²) in [5, 5.41) is 2.93. The van der Waals surface area contributed by atoms with Gasteiger partial charge >= 0.3 is 0 Å². The van der Waals surface area contributed by atoms with E-state index in [-0.39, 0.29) is 6.10 Å². The summed E-state index contributed by atoms with van der Waals surface area (Å²) < 4.78 is 5.86. The number of aryl methyl sites for hydroxylation is 1. The molecule has 0 saturated carbocycles. The fourth-order valence-electron chi connectivity index (χ4n) is 2.52. The average Bonchev–Trinajstić information content (AvgIpc) is 2.56. The van der Waals surface area contributed by atoms with Crippen molar-refractivity contribution < 1.29 is 4.74 Å². The lowest BCUT2D eigenvalue weighted by Crippen LogP contribution is -2.38. The van der Waals surface area contributed by atoms with Crippen LogP contribution in [-0.4, -0.2) is 46.6 Å². The molecule has 0 aromatic carbocycles. The summed E-state index contributed by atoms with van der Waals surface area (Å²) in [6, 6.07) is 4.13. The summed E-state index contributed by atoms with van der Waals surface area (Å²) in [7, 11) is 1.82. The van der Waals surface area contributed by atoms with Crippen LogP contribution >= 0.6 is 0 Å². The van der Waals surface area contributed by atoms with E-state index in [2.05, 4.69) is 31.2 Å². The number of hydrogen-bond donors (Lipinski definition) is 1. The summed E-state index contributed by atoms with van der Waals surface area (Å²) in [5.74, 6) is 0.646. The molecule has 116 valence electrons. The number of ether oxygens (including phenoxy) is 1. The summed E-state index contributed by atoms with van der Waals surface area (Å²) in [6.07, 6.45) is 5.66. The van der Waals surface area contributed by atoms with Crippen molar-refractivity contribution in [1.82, 2.24) is 19.9 Å². The van der Waals surface area contributed by atoms with Crippen molar-refractivity contribution in [3.8, 4) is 0 Å². The zero-order valence-electron chi connectivity index (χ0n) is 13.0. The first-order valence-electron chi connectivity index (χ1n) is 7.50. The molecule has 1 aliphatic heterocycles. The van der Waals surface area contributed by atoms with Crippen LogP contribution in [0.2, 0.25) is 0 Å². The van der Waals surface area contributed by atoms with Gasteiger partial charge in [0, 0.05) is 50.8 Å². The van der Waals surface area contributed by atoms with Crippen LogP contribution in [0, 0.1) is 6.92 Å². The molecule has 2 aromatic rings. The average molecular weight is 299 g/mol. The predicted octanol–water partition coefficient (Wildman–Crippen LogP) is 1.80. The first-order valence-corrected chi connectivity index (χ1v) is 7.50. The molecule has 0 aliphatic carbocycles. The van der Waals surface area contributed by atoms with E-state index in [1.165, 1.54) is 0 Å². The number of aromatic nitrogens is 3. The van der Waals surface area contributed by atoms with Crippen molar-refractivity contribution >= 4 is 5.95 Å². The fourth-order valence-corrected chi connectivity index (χ4v) is 2.52. The molecular formula is C16H21N5O. The first-order chi connectivity index (χ1) is 10.7. The van der Waals surface area contributed by atoms with Gasteiger partial charge in [-0.05, 0) is 18.6 Å². The van der Waals surface area contributed by atoms with E-state index in [1.807, 2.05) is 38.6 Å². The van der Waals surface area contributed by atoms with Crippen LogP contribution in [0.1, 0.15) is 22.9 Å². The van der Waals surface area contributed by atoms with Gasteiger partial charge in [0.15, 0.2) is 0 Å². The molecule has 6 nitrogen and oxygen atoms in total. The summed E-state index contributed by atoms with van der Waals surface area (Å²) >= 11 is 0. The standard InChI is InChI=1S/C16H21N5O/c1-12-3-4-14(18-7-12)15-11-21(5-6-22-15)10-13-8-19-16(17-2)20-9-13/h3-4,7-9,15H,5-6,10-11H2,1-2H3,(H,17,19,20)/t15-/m0/s1. The van der Waals surface area contributed by atoms with Gasteiger partial charge in [-0.15, -0.1) is 0 Å². The molecule has 1 saturated heterocycles. The van der Waals surface area contributed by atoms with Gasteiger partial charge < -0.3 is 10.1 Å². The highest BCUT2D eigenvalue weighted by molar-refractivity contribution is 5.23. The second-order valence-corrected chi connectivity index (χ2v) is 5.52. The Hall–Kier alpha value is -2.05. The zero-order chi connectivity index (χ0) is 15.4. The Morgan fingerprint density at radius 2 is 2.05 bits per heavy atom. The van der Waals surface area contributed by atoms with E-state index in [0.717, 1.165) is 43.1 Å². The van der Waals surface area contributed by atoms with Crippen LogP contribution < -0.4 is 5.32 Å². The van der Waals surface area contributed by atoms with Gasteiger partial charge in [-0.3, -0.25) is 9.88 Å². The number of nitrogens with one attached hydrogen (secondary N) is 1. The Morgan fingerprint density at radius 3 is 2.73 bits per heavy atom. The van der Waals surface area contributed by atoms with Gasteiger partial charge in [-0.2, -0.15) is 0 Å². The number of nitrogens with zero attached hydrogens (tertiary/aromatic N) is 4. The largest absolute Gasteiger partial charge is 0.369 e. The molecule has 0 amide bonds. The molecule has 2 aromatic heterocycles. The van der Waals surface area contributed by atoms with E-state index in [4.69, 9.17) is 4.74 Å². The molecule has 0 radical (unpaired) electrons. The van der Waals surface area contributed by atoms with Crippen molar-refractivity contribution in [2.24, 2.45) is 0 Å². The molecule has 0 spiro atoms. The third-order valence-corrected chi connectivity index (χ3v) is 3.75. The molecule has 22 heavy (non-hydrogen) atoms. The molecule has 1 aliphatic rings. The molecule has 0 unspecified atom stereocenters. The van der Waals surface area contributed by atoms with Gasteiger partial charge in [0.1, 0.15) is 6.10 Å². The van der Waals surface area contributed by atoms with Gasteiger partial charge in [-0.25, -0.2) is 9.97 Å². The zero-order valence-corrected chi connectivity index (χ0v) is 13.0. The fraction of sp³-hybridized carbons (Fsp3) is 0.438. The monoisotopic (exact) mass is 299 g/mol. The first kappa shape index (κ1) is 14.9. The van der Waals surface area contributed by atoms with Crippen molar-refractivity contribution in [2.75, 3.05) is 32.1 Å². The molecule has 1 fully saturated rings. The van der Waals surface area contributed by atoms with E-state index in [1.54, 1.807) is 0 Å². The Labute approximate surface area is 130 Å². The van der Waals surface area contributed by atoms with Crippen LogP contribution in [0.3, 0.4) is 0 Å². The minimum absolute atomic E-state index is 0.0341. The Kier molecular flexibility index (Phi) is 4.60. The maximum absolute atomic E-state index is 5.86. The maximum atomic E-state index is 5.86. The Morgan fingerprint density at radius 1 is 1.23 bits per heavy atom. The van der Waals surface area contributed by atoms with Crippen molar-refractivity contribution in [3.63, 3.8) is 0 Å². The number of hydrogen-bond acceptors (Lipinski definition) is 6. The minimum atomic E-state index is 0.0341. The van der Waals surface area contributed by atoms with Gasteiger partial charge in [0.2, 0.25) is 5.95 Å². The Bertz CT molecular complexity index is 599. The third-order valence-electron chi connectivity index (χ3n) is 3.75. The van der Waals surface area contributed by atoms with Crippen LogP contribution in [0.4, 0.5) is 5.95 Å². The second kappa shape index (κ2) is 6.81. The van der Waals surface area contributed by atoms with Gasteiger partial charge in [0.05, 0.1) is 12.3 Å². The minimum Gasteiger partial charge on any atom is -0.369 e. The lowest BCUT2D eigenvalue weighted by atomic mass is 10.1.